The molecule has 1 aliphatic carbocycles. The van der Waals surface area contributed by atoms with Crippen molar-refractivity contribution in [3.63, 3.8) is 0 Å². The maximum Gasteiger partial charge on any atom is 0.108 e. The first kappa shape index (κ1) is 8.49. The third-order valence-electron chi connectivity index (χ3n) is 3.58. The summed E-state index contributed by atoms with van der Waals surface area (Å²) in [7, 11) is 0. The number of hydrogen-bond donors (Lipinski definition) is 1. The summed E-state index contributed by atoms with van der Waals surface area (Å²) in [6, 6.07) is 0. The first-order chi connectivity index (χ1) is 5.62. The summed E-state index contributed by atoms with van der Waals surface area (Å²) < 4.78 is 13.6. The van der Waals surface area contributed by atoms with Crippen molar-refractivity contribution >= 4 is 0 Å². The molecule has 1 saturated carbocycles. The maximum absolute atomic E-state index is 13.6. The Hall–Kier alpha value is -0.110. The maximum atomic E-state index is 13.6. The SMILES string of the molecule is CC1(F)CCC2(CCNCC2)C1. The molecule has 0 aromatic heterocycles. The van der Waals surface area contributed by atoms with E-state index in [4.69, 9.17) is 0 Å². The number of halogens is 1. The van der Waals surface area contributed by atoms with Crippen LogP contribution >= 0.6 is 0 Å². The Balaban J connectivity index is 2.03. The van der Waals surface area contributed by atoms with Crippen molar-refractivity contribution in [2.45, 2.75) is 44.7 Å². The van der Waals surface area contributed by atoms with Crippen molar-refractivity contribution in [3.8, 4) is 0 Å². The van der Waals surface area contributed by atoms with Gasteiger partial charge in [-0.3, -0.25) is 0 Å². The van der Waals surface area contributed by atoms with Gasteiger partial charge in [-0.2, -0.15) is 0 Å². The van der Waals surface area contributed by atoms with Gasteiger partial charge in [0, 0.05) is 0 Å². The molecule has 70 valence electrons. The van der Waals surface area contributed by atoms with Crippen molar-refractivity contribution in [1.29, 1.82) is 0 Å². The predicted molar refractivity (Wildman–Crippen MR) is 47.9 cm³/mol. The highest BCUT2D eigenvalue weighted by Crippen LogP contribution is 2.50. The van der Waals surface area contributed by atoms with E-state index in [2.05, 4.69) is 5.32 Å². The second-order valence-corrected chi connectivity index (χ2v) is 4.84. The van der Waals surface area contributed by atoms with Crippen LogP contribution in [0.25, 0.3) is 0 Å². The molecule has 0 aromatic rings. The molecule has 0 radical (unpaired) electrons. The number of hydrogen-bond acceptors (Lipinski definition) is 1. The van der Waals surface area contributed by atoms with Crippen LogP contribution in [-0.2, 0) is 0 Å². The standard InChI is InChI=1S/C10H18FN/c1-9(11)2-3-10(8-9)4-6-12-7-5-10/h12H,2-8H2,1H3. The topological polar surface area (TPSA) is 12.0 Å². The minimum atomic E-state index is -0.864. The van der Waals surface area contributed by atoms with Gasteiger partial charge in [-0.15, -0.1) is 0 Å². The molecule has 12 heavy (non-hydrogen) atoms. The van der Waals surface area contributed by atoms with Crippen molar-refractivity contribution in [2.24, 2.45) is 5.41 Å². The van der Waals surface area contributed by atoms with Gasteiger partial charge < -0.3 is 5.32 Å². The van der Waals surface area contributed by atoms with Crippen molar-refractivity contribution in [3.05, 3.63) is 0 Å². The molecule has 0 aromatic carbocycles. The lowest BCUT2D eigenvalue weighted by molar-refractivity contribution is 0.141. The van der Waals surface area contributed by atoms with Gasteiger partial charge in [0.25, 0.3) is 0 Å². The van der Waals surface area contributed by atoms with E-state index in [1.54, 1.807) is 6.92 Å². The summed E-state index contributed by atoms with van der Waals surface area (Å²) in [5.41, 5.74) is -0.494. The molecule has 1 unspecified atom stereocenters. The van der Waals surface area contributed by atoms with E-state index in [0.29, 0.717) is 5.41 Å². The average molecular weight is 171 g/mol. The van der Waals surface area contributed by atoms with E-state index in [1.807, 2.05) is 0 Å². The van der Waals surface area contributed by atoms with Gasteiger partial charge in [0.2, 0.25) is 0 Å². The van der Waals surface area contributed by atoms with Crippen molar-refractivity contribution in [2.75, 3.05) is 13.1 Å². The normalized spacial score (nSPS) is 40.5. The lowest BCUT2D eigenvalue weighted by atomic mass is 9.77. The molecule has 2 heteroatoms. The summed E-state index contributed by atoms with van der Waals surface area (Å²) in [4.78, 5) is 0. The lowest BCUT2D eigenvalue weighted by Crippen LogP contribution is -2.35. The molecule has 2 fully saturated rings. The first-order valence-corrected chi connectivity index (χ1v) is 5.02. The van der Waals surface area contributed by atoms with Crippen molar-refractivity contribution < 1.29 is 4.39 Å². The second kappa shape index (κ2) is 2.69. The fourth-order valence-electron chi connectivity index (χ4n) is 2.87. The van der Waals surface area contributed by atoms with Gasteiger partial charge in [0.1, 0.15) is 5.67 Å². The number of alkyl halides is 1. The Bertz CT molecular complexity index is 171. The second-order valence-electron chi connectivity index (χ2n) is 4.84. The quantitative estimate of drug-likeness (QED) is 0.589. The third kappa shape index (κ3) is 1.49. The Kier molecular flexibility index (Phi) is 1.90. The molecule has 1 saturated heterocycles. The Labute approximate surface area is 73.7 Å². The van der Waals surface area contributed by atoms with Crippen LogP contribution in [0.3, 0.4) is 0 Å². The summed E-state index contributed by atoms with van der Waals surface area (Å²) in [5, 5.41) is 3.34. The monoisotopic (exact) mass is 171 g/mol. The lowest BCUT2D eigenvalue weighted by Gasteiger charge is -2.34. The van der Waals surface area contributed by atoms with Gasteiger partial charge in [-0.05, 0) is 57.5 Å². The molecule has 2 rings (SSSR count). The fraction of sp³-hybridized carbons (Fsp3) is 1.00. The van der Waals surface area contributed by atoms with E-state index in [-0.39, 0.29) is 0 Å². The highest BCUT2D eigenvalue weighted by molar-refractivity contribution is 4.98. The Morgan fingerprint density at radius 2 is 1.75 bits per heavy atom. The van der Waals surface area contributed by atoms with E-state index >= 15 is 0 Å². The summed E-state index contributed by atoms with van der Waals surface area (Å²) >= 11 is 0. The zero-order valence-corrected chi connectivity index (χ0v) is 7.83. The number of nitrogens with one attached hydrogen (secondary N) is 1. The van der Waals surface area contributed by atoms with Crippen LogP contribution in [0.1, 0.15) is 39.0 Å². The third-order valence-corrected chi connectivity index (χ3v) is 3.58. The summed E-state index contributed by atoms with van der Waals surface area (Å²) in [5.74, 6) is 0. The first-order valence-electron chi connectivity index (χ1n) is 5.02. The zero-order chi connectivity index (χ0) is 8.66. The van der Waals surface area contributed by atoms with Gasteiger partial charge in [0.15, 0.2) is 0 Å². The molecular formula is C10H18FN. The molecular weight excluding hydrogens is 153 g/mol. The molecule has 1 heterocycles. The van der Waals surface area contributed by atoms with E-state index < -0.39 is 5.67 Å². The van der Waals surface area contributed by atoms with E-state index in [1.165, 1.54) is 12.8 Å². The van der Waals surface area contributed by atoms with Crippen LogP contribution in [0.15, 0.2) is 0 Å². The van der Waals surface area contributed by atoms with Crippen LogP contribution in [0.5, 0.6) is 0 Å². The average Bonchev–Trinajstić information content (AvgIpc) is 2.29. The predicted octanol–water partition coefficient (Wildman–Crippen LogP) is 2.27. The van der Waals surface area contributed by atoms with Crippen LogP contribution in [-0.4, -0.2) is 18.8 Å². The van der Waals surface area contributed by atoms with E-state index in [0.717, 1.165) is 32.4 Å². The molecule has 0 amide bonds. The smallest absolute Gasteiger partial charge is 0.108 e. The van der Waals surface area contributed by atoms with E-state index in [9.17, 15) is 4.39 Å². The molecule has 1 N–H and O–H groups in total. The minimum absolute atomic E-state index is 0.370. The summed E-state index contributed by atoms with van der Waals surface area (Å²) in [6.07, 6.45) is 5.08. The number of piperidine rings is 1. The molecule has 0 bridgehead atoms. The molecule has 2 aliphatic rings. The fourth-order valence-corrected chi connectivity index (χ4v) is 2.87. The largest absolute Gasteiger partial charge is 0.317 e. The highest BCUT2D eigenvalue weighted by Gasteiger charge is 2.45. The van der Waals surface area contributed by atoms with Gasteiger partial charge >= 0.3 is 0 Å². The van der Waals surface area contributed by atoms with Crippen LogP contribution in [0, 0.1) is 5.41 Å². The van der Waals surface area contributed by atoms with Crippen LogP contribution in [0.2, 0.25) is 0 Å². The highest BCUT2D eigenvalue weighted by atomic mass is 19.1. The van der Waals surface area contributed by atoms with Crippen LogP contribution in [0.4, 0.5) is 4.39 Å². The minimum Gasteiger partial charge on any atom is -0.317 e. The van der Waals surface area contributed by atoms with Gasteiger partial charge in [0.05, 0.1) is 0 Å². The zero-order valence-electron chi connectivity index (χ0n) is 7.83. The summed E-state index contributed by atoms with van der Waals surface area (Å²) in [6.45, 7) is 3.95. The molecule has 1 nitrogen and oxygen atoms in total. The van der Waals surface area contributed by atoms with Gasteiger partial charge in [-0.1, -0.05) is 0 Å². The Morgan fingerprint density at radius 1 is 1.08 bits per heavy atom. The molecule has 1 spiro atoms. The molecule has 1 aliphatic heterocycles. The van der Waals surface area contributed by atoms with Crippen LogP contribution < -0.4 is 5.32 Å². The molecule has 1 atom stereocenters. The van der Waals surface area contributed by atoms with Crippen molar-refractivity contribution in [1.82, 2.24) is 5.32 Å². The van der Waals surface area contributed by atoms with Gasteiger partial charge in [-0.25, -0.2) is 4.39 Å². The Morgan fingerprint density at radius 3 is 2.25 bits per heavy atom. The number of rotatable bonds is 0.